The smallest absolute Gasteiger partial charge is 0.303 e. The van der Waals surface area contributed by atoms with E-state index in [9.17, 15) is 9.59 Å². The molecule has 0 spiro atoms. The lowest BCUT2D eigenvalue weighted by atomic mass is 9.96. The summed E-state index contributed by atoms with van der Waals surface area (Å²) in [5.41, 5.74) is 0.996. The van der Waals surface area contributed by atoms with Crippen molar-refractivity contribution in [3.63, 3.8) is 0 Å². The number of carbonyl (C=O) groups excluding carboxylic acids is 1. The van der Waals surface area contributed by atoms with Crippen molar-refractivity contribution in [2.24, 2.45) is 0 Å². The zero-order valence-corrected chi connectivity index (χ0v) is 11.9. The minimum absolute atomic E-state index is 0.0469. The van der Waals surface area contributed by atoms with Gasteiger partial charge in [-0.25, -0.2) is 0 Å². The van der Waals surface area contributed by atoms with Crippen molar-refractivity contribution in [3.8, 4) is 5.75 Å². The van der Waals surface area contributed by atoms with Crippen molar-refractivity contribution < 1.29 is 19.4 Å². The van der Waals surface area contributed by atoms with E-state index >= 15 is 0 Å². The highest BCUT2D eigenvalue weighted by molar-refractivity contribution is 5.77. The van der Waals surface area contributed by atoms with Crippen molar-refractivity contribution in [3.05, 3.63) is 29.8 Å². The molecule has 1 unspecified atom stereocenters. The molecule has 0 saturated heterocycles. The molecule has 1 rings (SSSR count). The van der Waals surface area contributed by atoms with Gasteiger partial charge in [0.25, 0.3) is 0 Å². The van der Waals surface area contributed by atoms with Crippen LogP contribution in [-0.4, -0.2) is 30.6 Å². The van der Waals surface area contributed by atoms with Crippen LogP contribution in [0.4, 0.5) is 0 Å². The molecule has 1 amide bonds. The van der Waals surface area contributed by atoms with Crippen LogP contribution in [0.15, 0.2) is 24.3 Å². The van der Waals surface area contributed by atoms with E-state index in [1.807, 2.05) is 31.2 Å². The Balaban J connectivity index is 2.43. The summed E-state index contributed by atoms with van der Waals surface area (Å²) >= 11 is 0. The van der Waals surface area contributed by atoms with Crippen LogP contribution in [-0.2, 0) is 9.59 Å². The number of methoxy groups -OCH3 is 1. The number of hydrogen-bond acceptors (Lipinski definition) is 3. The number of hydrogen-bond donors (Lipinski definition) is 2. The molecule has 0 aromatic heterocycles. The maximum absolute atomic E-state index is 11.8. The highest BCUT2D eigenvalue weighted by Crippen LogP contribution is 2.28. The minimum Gasteiger partial charge on any atom is -0.496 e. The third kappa shape index (κ3) is 5.30. The van der Waals surface area contributed by atoms with E-state index < -0.39 is 5.97 Å². The van der Waals surface area contributed by atoms with Gasteiger partial charge in [-0.3, -0.25) is 9.59 Å². The van der Waals surface area contributed by atoms with Crippen LogP contribution in [0.3, 0.4) is 0 Å². The second-order valence-corrected chi connectivity index (χ2v) is 4.69. The minimum atomic E-state index is -0.846. The molecule has 0 aliphatic heterocycles. The van der Waals surface area contributed by atoms with Gasteiger partial charge >= 0.3 is 5.97 Å². The number of para-hydroxylation sites is 1. The van der Waals surface area contributed by atoms with Gasteiger partial charge in [-0.1, -0.05) is 25.1 Å². The third-order valence-corrected chi connectivity index (χ3v) is 3.05. The van der Waals surface area contributed by atoms with Crippen molar-refractivity contribution in [1.82, 2.24) is 5.32 Å². The molecule has 0 fully saturated rings. The van der Waals surface area contributed by atoms with E-state index in [1.54, 1.807) is 7.11 Å². The lowest BCUT2D eigenvalue weighted by Gasteiger charge is -2.15. The van der Waals surface area contributed by atoms with Crippen molar-refractivity contribution in [2.75, 3.05) is 13.7 Å². The quantitative estimate of drug-likeness (QED) is 0.715. The molecule has 20 heavy (non-hydrogen) atoms. The largest absolute Gasteiger partial charge is 0.496 e. The number of carbonyl (C=O) groups is 2. The predicted octanol–water partition coefficient (Wildman–Crippen LogP) is 2.17. The number of aliphatic carboxylic acids is 1. The molecule has 0 aliphatic carbocycles. The van der Waals surface area contributed by atoms with Crippen LogP contribution in [0.1, 0.15) is 37.7 Å². The van der Waals surface area contributed by atoms with Gasteiger partial charge in [-0.05, 0) is 24.0 Å². The fraction of sp³-hybridized carbons (Fsp3) is 0.467. The summed E-state index contributed by atoms with van der Waals surface area (Å²) in [6.45, 7) is 2.36. The summed E-state index contributed by atoms with van der Waals surface area (Å²) < 4.78 is 5.28. The SMILES string of the molecule is COc1ccccc1C(C)CC(=O)NCCCC(=O)O. The fourth-order valence-corrected chi connectivity index (χ4v) is 2.00. The number of carboxylic acids is 1. The van der Waals surface area contributed by atoms with Crippen molar-refractivity contribution in [2.45, 2.75) is 32.1 Å². The Morgan fingerprint density at radius 1 is 1.35 bits per heavy atom. The Kier molecular flexibility index (Phi) is 6.56. The average Bonchev–Trinajstić information content (AvgIpc) is 2.43. The van der Waals surface area contributed by atoms with Gasteiger partial charge < -0.3 is 15.2 Å². The van der Waals surface area contributed by atoms with Gasteiger partial charge in [0.05, 0.1) is 7.11 Å². The molecule has 1 atom stereocenters. The van der Waals surface area contributed by atoms with E-state index in [-0.39, 0.29) is 18.2 Å². The Morgan fingerprint density at radius 2 is 2.05 bits per heavy atom. The Labute approximate surface area is 118 Å². The van der Waals surface area contributed by atoms with Crippen LogP contribution in [0.25, 0.3) is 0 Å². The summed E-state index contributed by atoms with van der Waals surface area (Å²) in [4.78, 5) is 22.1. The Bertz CT molecular complexity index is 459. The van der Waals surface area contributed by atoms with Gasteiger partial charge in [-0.2, -0.15) is 0 Å². The topological polar surface area (TPSA) is 75.6 Å². The number of benzene rings is 1. The van der Waals surface area contributed by atoms with Crippen LogP contribution >= 0.6 is 0 Å². The average molecular weight is 279 g/mol. The highest BCUT2D eigenvalue weighted by atomic mass is 16.5. The zero-order chi connectivity index (χ0) is 15.0. The van der Waals surface area contributed by atoms with Gasteiger partial charge in [0.2, 0.25) is 5.91 Å². The van der Waals surface area contributed by atoms with Crippen LogP contribution in [0, 0.1) is 0 Å². The third-order valence-electron chi connectivity index (χ3n) is 3.05. The van der Waals surface area contributed by atoms with Gasteiger partial charge in [0.15, 0.2) is 0 Å². The van der Waals surface area contributed by atoms with E-state index in [4.69, 9.17) is 9.84 Å². The van der Waals surface area contributed by atoms with Crippen LogP contribution in [0.2, 0.25) is 0 Å². The molecule has 0 heterocycles. The standard InChI is InChI=1S/C15H21NO4/c1-11(12-6-3-4-7-13(12)20-2)10-14(17)16-9-5-8-15(18)19/h3-4,6-7,11H,5,8-10H2,1-2H3,(H,16,17)(H,18,19). The maximum atomic E-state index is 11.8. The second-order valence-electron chi connectivity index (χ2n) is 4.69. The molecule has 1 aromatic carbocycles. The van der Waals surface area contributed by atoms with Crippen molar-refractivity contribution in [1.29, 1.82) is 0 Å². The maximum Gasteiger partial charge on any atom is 0.303 e. The van der Waals surface area contributed by atoms with Gasteiger partial charge in [0.1, 0.15) is 5.75 Å². The molecule has 0 radical (unpaired) electrons. The summed E-state index contributed by atoms with van der Waals surface area (Å²) in [5.74, 6) is -0.0975. The number of amides is 1. The molecule has 1 aromatic rings. The predicted molar refractivity (Wildman–Crippen MR) is 75.9 cm³/mol. The molecule has 0 saturated carbocycles. The Morgan fingerprint density at radius 3 is 2.70 bits per heavy atom. The highest BCUT2D eigenvalue weighted by Gasteiger charge is 2.14. The number of carboxylic acid groups (broad SMARTS) is 1. The molecule has 2 N–H and O–H groups in total. The molecule has 0 bridgehead atoms. The number of ether oxygens (including phenoxy) is 1. The number of rotatable bonds is 8. The lowest BCUT2D eigenvalue weighted by molar-refractivity contribution is -0.137. The van der Waals surface area contributed by atoms with E-state index in [0.717, 1.165) is 11.3 Å². The fourth-order valence-electron chi connectivity index (χ4n) is 2.00. The monoisotopic (exact) mass is 279 g/mol. The molecular formula is C15H21NO4. The molecule has 110 valence electrons. The lowest BCUT2D eigenvalue weighted by Crippen LogP contribution is -2.26. The first-order chi connectivity index (χ1) is 9.54. The normalized spacial score (nSPS) is 11.7. The first-order valence-corrected chi connectivity index (χ1v) is 6.66. The van der Waals surface area contributed by atoms with Gasteiger partial charge in [0, 0.05) is 19.4 Å². The molecule has 5 heteroatoms. The van der Waals surface area contributed by atoms with E-state index in [2.05, 4.69) is 5.32 Å². The summed E-state index contributed by atoms with van der Waals surface area (Å²) in [6.07, 6.45) is 0.875. The number of nitrogens with one attached hydrogen (secondary N) is 1. The molecule has 0 aliphatic rings. The first-order valence-electron chi connectivity index (χ1n) is 6.66. The first kappa shape index (κ1) is 16.0. The molecular weight excluding hydrogens is 258 g/mol. The van der Waals surface area contributed by atoms with Crippen molar-refractivity contribution >= 4 is 11.9 Å². The van der Waals surface area contributed by atoms with E-state index in [0.29, 0.717) is 19.4 Å². The second kappa shape index (κ2) is 8.19. The summed E-state index contributed by atoms with van der Waals surface area (Å²) in [5, 5.41) is 11.2. The van der Waals surface area contributed by atoms with E-state index in [1.165, 1.54) is 0 Å². The molecule has 5 nitrogen and oxygen atoms in total. The summed E-state index contributed by atoms with van der Waals surface area (Å²) in [7, 11) is 1.61. The van der Waals surface area contributed by atoms with Gasteiger partial charge in [-0.15, -0.1) is 0 Å². The van der Waals surface area contributed by atoms with Crippen LogP contribution < -0.4 is 10.1 Å². The zero-order valence-electron chi connectivity index (χ0n) is 11.9. The van der Waals surface area contributed by atoms with Crippen LogP contribution in [0.5, 0.6) is 5.75 Å². The summed E-state index contributed by atoms with van der Waals surface area (Å²) in [6, 6.07) is 7.62. The Hall–Kier alpha value is -2.04.